The Morgan fingerprint density at radius 2 is 1.94 bits per heavy atom. The van der Waals surface area contributed by atoms with Crippen molar-refractivity contribution in [3.05, 3.63) is 53.1 Å². The van der Waals surface area contributed by atoms with E-state index in [0.29, 0.717) is 22.7 Å². The minimum atomic E-state index is -1.30. The summed E-state index contributed by atoms with van der Waals surface area (Å²) in [5.41, 5.74) is 0.837. The number of carbonyl (C=O) groups excluding carboxylic acids is 4. The number of aryl methyl sites for hydroxylation is 1. The standard InChI is InChI=1S/C23H23N3O6/c1-13-9-15(6-8-18(13)31-4)23(2)21(29)26(22(30)24-23)11-17(27)14-5-7-19-16(10-14)25(3)20(28)12-32-19/h5-10H,11-12H2,1-4H3,(H,24,30). The Labute approximate surface area is 184 Å². The van der Waals surface area contributed by atoms with Gasteiger partial charge in [-0.2, -0.15) is 0 Å². The van der Waals surface area contributed by atoms with Crippen molar-refractivity contribution in [2.24, 2.45) is 0 Å². The number of rotatable bonds is 5. The van der Waals surface area contributed by atoms with E-state index in [-0.39, 0.29) is 18.1 Å². The second kappa shape index (κ2) is 7.67. The molecule has 1 N–H and O–H groups in total. The minimum absolute atomic E-state index is 0.0668. The fraction of sp³-hybridized carbons (Fsp3) is 0.304. The third-order valence-electron chi connectivity index (χ3n) is 5.92. The van der Waals surface area contributed by atoms with E-state index < -0.39 is 29.8 Å². The third-order valence-corrected chi connectivity index (χ3v) is 5.92. The number of hydrogen-bond acceptors (Lipinski definition) is 6. The largest absolute Gasteiger partial charge is 0.496 e. The Morgan fingerprint density at radius 3 is 2.62 bits per heavy atom. The number of nitrogens with zero attached hydrogens (tertiary/aromatic N) is 2. The molecule has 4 amide bonds. The van der Waals surface area contributed by atoms with Gasteiger partial charge in [-0.05, 0) is 55.3 Å². The van der Waals surface area contributed by atoms with E-state index in [0.717, 1.165) is 10.5 Å². The molecule has 0 saturated carbocycles. The van der Waals surface area contributed by atoms with Gasteiger partial charge in [-0.1, -0.05) is 6.07 Å². The molecule has 4 rings (SSSR count). The van der Waals surface area contributed by atoms with Gasteiger partial charge >= 0.3 is 6.03 Å². The Kier molecular flexibility index (Phi) is 5.12. The normalized spacial score (nSPS) is 20.1. The molecule has 32 heavy (non-hydrogen) atoms. The number of Topliss-reactive ketones (excluding diaryl/α,β-unsaturated/α-hetero) is 1. The number of hydrogen-bond donors (Lipinski definition) is 1. The number of fused-ring (bicyclic) bond motifs is 1. The van der Waals surface area contributed by atoms with Crippen LogP contribution in [0.4, 0.5) is 10.5 Å². The van der Waals surface area contributed by atoms with Crippen molar-refractivity contribution < 1.29 is 28.7 Å². The molecule has 2 heterocycles. The number of methoxy groups -OCH3 is 1. The Morgan fingerprint density at radius 1 is 1.19 bits per heavy atom. The summed E-state index contributed by atoms with van der Waals surface area (Å²) in [5.74, 6) is -0.0317. The van der Waals surface area contributed by atoms with Gasteiger partial charge in [-0.3, -0.25) is 19.3 Å². The lowest BCUT2D eigenvalue weighted by Gasteiger charge is -2.26. The first-order valence-electron chi connectivity index (χ1n) is 10.0. The number of benzene rings is 2. The average Bonchev–Trinajstić information content (AvgIpc) is 3.00. The van der Waals surface area contributed by atoms with E-state index in [1.807, 2.05) is 6.92 Å². The Hall–Kier alpha value is -3.88. The fourth-order valence-corrected chi connectivity index (χ4v) is 3.91. The quantitative estimate of drug-likeness (QED) is 0.567. The van der Waals surface area contributed by atoms with Gasteiger partial charge in [0, 0.05) is 12.6 Å². The number of nitrogens with one attached hydrogen (secondary N) is 1. The van der Waals surface area contributed by atoms with E-state index in [4.69, 9.17) is 9.47 Å². The van der Waals surface area contributed by atoms with Crippen LogP contribution < -0.4 is 19.7 Å². The summed E-state index contributed by atoms with van der Waals surface area (Å²) < 4.78 is 10.6. The molecule has 1 saturated heterocycles. The van der Waals surface area contributed by atoms with Crippen LogP contribution >= 0.6 is 0 Å². The van der Waals surface area contributed by atoms with Crippen molar-refractivity contribution in [2.45, 2.75) is 19.4 Å². The second-order valence-electron chi connectivity index (χ2n) is 7.98. The highest BCUT2D eigenvalue weighted by molar-refractivity contribution is 6.11. The van der Waals surface area contributed by atoms with Gasteiger partial charge in [-0.25, -0.2) is 4.79 Å². The summed E-state index contributed by atoms with van der Waals surface area (Å²) in [4.78, 5) is 52.9. The van der Waals surface area contributed by atoms with Gasteiger partial charge in [0.15, 0.2) is 12.4 Å². The van der Waals surface area contributed by atoms with E-state index in [1.165, 1.54) is 11.0 Å². The van der Waals surface area contributed by atoms with Gasteiger partial charge in [-0.15, -0.1) is 0 Å². The van der Waals surface area contributed by atoms with Crippen LogP contribution in [0.3, 0.4) is 0 Å². The summed E-state index contributed by atoms with van der Waals surface area (Å²) >= 11 is 0. The monoisotopic (exact) mass is 437 g/mol. The molecule has 1 unspecified atom stereocenters. The van der Waals surface area contributed by atoms with Gasteiger partial charge in [0.2, 0.25) is 0 Å². The van der Waals surface area contributed by atoms with E-state index >= 15 is 0 Å². The summed E-state index contributed by atoms with van der Waals surface area (Å²) in [6.07, 6.45) is 0. The molecule has 2 aromatic carbocycles. The molecule has 166 valence electrons. The predicted molar refractivity (Wildman–Crippen MR) is 115 cm³/mol. The summed E-state index contributed by atoms with van der Waals surface area (Å²) in [5, 5.41) is 2.70. The Balaban J connectivity index is 1.57. The van der Waals surface area contributed by atoms with E-state index in [1.54, 1.807) is 51.4 Å². The molecule has 0 radical (unpaired) electrons. The third kappa shape index (κ3) is 3.35. The Bertz CT molecular complexity index is 1160. The molecule has 2 aromatic rings. The van der Waals surface area contributed by atoms with Crippen molar-refractivity contribution in [1.29, 1.82) is 0 Å². The number of amides is 4. The maximum atomic E-state index is 13.2. The lowest BCUT2D eigenvalue weighted by atomic mass is 9.90. The lowest BCUT2D eigenvalue weighted by molar-refractivity contribution is -0.130. The van der Waals surface area contributed by atoms with Crippen LogP contribution in [0, 0.1) is 6.92 Å². The van der Waals surface area contributed by atoms with Crippen LogP contribution in [0.2, 0.25) is 0 Å². The van der Waals surface area contributed by atoms with Crippen LogP contribution in [0.15, 0.2) is 36.4 Å². The number of ketones is 1. The van der Waals surface area contributed by atoms with Gasteiger partial charge in [0.1, 0.15) is 17.0 Å². The predicted octanol–water partition coefficient (Wildman–Crippen LogP) is 2.01. The first kappa shape index (κ1) is 21.4. The summed E-state index contributed by atoms with van der Waals surface area (Å²) in [7, 11) is 3.15. The highest BCUT2D eigenvalue weighted by Gasteiger charge is 2.49. The highest BCUT2D eigenvalue weighted by Crippen LogP contribution is 2.34. The smallest absolute Gasteiger partial charge is 0.325 e. The topological polar surface area (TPSA) is 105 Å². The molecule has 0 spiro atoms. The minimum Gasteiger partial charge on any atom is -0.496 e. The number of ether oxygens (including phenoxy) is 2. The van der Waals surface area contributed by atoms with E-state index in [9.17, 15) is 19.2 Å². The van der Waals surface area contributed by atoms with Crippen molar-refractivity contribution >= 4 is 29.3 Å². The first-order chi connectivity index (χ1) is 15.2. The van der Waals surface area contributed by atoms with Gasteiger partial charge < -0.3 is 19.7 Å². The molecule has 1 fully saturated rings. The molecule has 9 heteroatoms. The maximum Gasteiger partial charge on any atom is 0.325 e. The number of likely N-dealkylation sites (N-methyl/N-ethyl adjacent to an activating group) is 1. The van der Waals surface area contributed by atoms with Crippen LogP contribution in [-0.2, 0) is 15.1 Å². The molecule has 9 nitrogen and oxygen atoms in total. The van der Waals surface area contributed by atoms with Gasteiger partial charge in [0.05, 0.1) is 19.3 Å². The second-order valence-corrected chi connectivity index (χ2v) is 7.98. The lowest BCUT2D eigenvalue weighted by Crippen LogP contribution is -2.41. The van der Waals surface area contributed by atoms with Crippen molar-refractivity contribution in [3.63, 3.8) is 0 Å². The van der Waals surface area contributed by atoms with Crippen LogP contribution in [0.1, 0.15) is 28.4 Å². The SMILES string of the molecule is COc1ccc(C2(C)NC(=O)N(CC(=O)c3ccc4c(c3)N(C)C(=O)CO4)C2=O)cc1C. The average molecular weight is 437 g/mol. The molecule has 2 aliphatic rings. The summed E-state index contributed by atoms with van der Waals surface area (Å²) in [6.45, 7) is 2.96. The fourth-order valence-electron chi connectivity index (χ4n) is 3.91. The molecule has 0 aromatic heterocycles. The maximum absolute atomic E-state index is 13.2. The van der Waals surface area contributed by atoms with Crippen molar-refractivity contribution in [3.8, 4) is 11.5 Å². The molecular formula is C23H23N3O6. The molecule has 0 aliphatic carbocycles. The van der Waals surface area contributed by atoms with Crippen LogP contribution in [0.25, 0.3) is 0 Å². The van der Waals surface area contributed by atoms with Crippen molar-refractivity contribution in [1.82, 2.24) is 10.2 Å². The van der Waals surface area contributed by atoms with Crippen LogP contribution in [0.5, 0.6) is 11.5 Å². The zero-order valence-electron chi connectivity index (χ0n) is 18.2. The van der Waals surface area contributed by atoms with Crippen molar-refractivity contribution in [2.75, 3.05) is 32.2 Å². The number of urea groups is 1. The zero-order chi connectivity index (χ0) is 23.2. The number of imide groups is 1. The van der Waals surface area contributed by atoms with Gasteiger partial charge in [0.25, 0.3) is 11.8 Å². The summed E-state index contributed by atoms with van der Waals surface area (Å²) in [6, 6.07) is 9.25. The molecule has 2 aliphatic heterocycles. The van der Waals surface area contributed by atoms with E-state index in [2.05, 4.69) is 5.32 Å². The first-order valence-corrected chi connectivity index (χ1v) is 10.0. The molecule has 0 bridgehead atoms. The molecule has 1 atom stereocenters. The van der Waals surface area contributed by atoms with Crippen LogP contribution in [-0.4, -0.2) is 55.8 Å². The molecular weight excluding hydrogens is 414 g/mol. The zero-order valence-corrected chi connectivity index (χ0v) is 18.2. The highest BCUT2D eigenvalue weighted by atomic mass is 16.5. The number of carbonyl (C=O) groups is 4. The number of anilines is 1.